The van der Waals surface area contributed by atoms with Crippen LogP contribution >= 0.6 is 11.3 Å². The molecule has 2 heterocycles. The van der Waals surface area contributed by atoms with Gasteiger partial charge in [0.1, 0.15) is 0 Å². The Balaban J connectivity index is 1.48. The molecule has 174 valence electrons. The third-order valence-electron chi connectivity index (χ3n) is 5.38. The van der Waals surface area contributed by atoms with E-state index in [1.54, 1.807) is 54.9 Å². The van der Waals surface area contributed by atoms with Gasteiger partial charge in [-0.1, -0.05) is 23.8 Å². The molecule has 1 aromatic heterocycles. The molecule has 0 spiro atoms. The summed E-state index contributed by atoms with van der Waals surface area (Å²) in [5.41, 5.74) is 1.41. The van der Waals surface area contributed by atoms with Crippen LogP contribution in [0, 0.1) is 0 Å². The molecule has 33 heavy (non-hydrogen) atoms. The summed E-state index contributed by atoms with van der Waals surface area (Å²) < 4.78 is 38.6. The van der Waals surface area contributed by atoms with Gasteiger partial charge in [0.15, 0.2) is 16.6 Å². The maximum absolute atomic E-state index is 12.9. The third-order valence-corrected chi connectivity index (χ3v) is 8.21. The molecule has 2 aromatic carbocycles. The Morgan fingerprint density at radius 2 is 1.82 bits per heavy atom. The lowest BCUT2D eigenvalue weighted by molar-refractivity contribution is -0.111. The molecule has 1 aliphatic heterocycles. The number of benzene rings is 2. The number of aromatic nitrogens is 1. The van der Waals surface area contributed by atoms with Crippen LogP contribution in [0.3, 0.4) is 0 Å². The summed E-state index contributed by atoms with van der Waals surface area (Å²) in [5.74, 6) is 0.835. The predicted molar refractivity (Wildman–Crippen MR) is 129 cm³/mol. The zero-order chi connectivity index (χ0) is 23.4. The van der Waals surface area contributed by atoms with Gasteiger partial charge in [0.05, 0.1) is 29.3 Å². The highest BCUT2D eigenvalue weighted by molar-refractivity contribution is 7.89. The SMILES string of the molecule is COc1ccc(C=CC(=O)Nc2nc3ccc(S(=O)(=O)N4CCCCC4)cc3s2)cc1OC. The molecule has 8 nitrogen and oxygen atoms in total. The monoisotopic (exact) mass is 487 g/mol. The molecule has 0 atom stereocenters. The number of anilines is 1. The number of methoxy groups -OCH3 is 2. The van der Waals surface area contributed by atoms with E-state index in [2.05, 4.69) is 10.3 Å². The van der Waals surface area contributed by atoms with Crippen molar-refractivity contribution in [2.75, 3.05) is 32.6 Å². The van der Waals surface area contributed by atoms with E-state index in [1.165, 1.54) is 17.4 Å². The van der Waals surface area contributed by atoms with E-state index in [1.807, 2.05) is 6.07 Å². The quantitative estimate of drug-likeness (QED) is 0.503. The molecule has 1 saturated heterocycles. The van der Waals surface area contributed by atoms with Crippen molar-refractivity contribution < 1.29 is 22.7 Å². The average molecular weight is 488 g/mol. The van der Waals surface area contributed by atoms with Crippen molar-refractivity contribution in [2.45, 2.75) is 24.2 Å². The smallest absolute Gasteiger partial charge is 0.250 e. The van der Waals surface area contributed by atoms with Crippen molar-refractivity contribution in [1.29, 1.82) is 0 Å². The van der Waals surface area contributed by atoms with E-state index < -0.39 is 10.0 Å². The topological polar surface area (TPSA) is 97.8 Å². The van der Waals surface area contributed by atoms with Crippen molar-refractivity contribution >= 4 is 48.7 Å². The number of sulfonamides is 1. The van der Waals surface area contributed by atoms with Crippen LogP contribution in [-0.2, 0) is 14.8 Å². The number of nitrogens with zero attached hydrogens (tertiary/aromatic N) is 2. The molecule has 1 N–H and O–H groups in total. The molecule has 3 aromatic rings. The molecule has 10 heteroatoms. The lowest BCUT2D eigenvalue weighted by Crippen LogP contribution is -2.35. The summed E-state index contributed by atoms with van der Waals surface area (Å²) in [4.78, 5) is 17.0. The van der Waals surface area contributed by atoms with E-state index in [-0.39, 0.29) is 10.8 Å². The second-order valence-electron chi connectivity index (χ2n) is 7.55. The van der Waals surface area contributed by atoms with Gasteiger partial charge >= 0.3 is 0 Å². The number of carbonyl (C=O) groups excluding carboxylic acids is 1. The average Bonchev–Trinajstić information content (AvgIpc) is 3.24. The minimum atomic E-state index is -3.52. The predicted octanol–water partition coefficient (Wildman–Crippen LogP) is 4.14. The number of piperidine rings is 1. The summed E-state index contributed by atoms with van der Waals surface area (Å²) in [6.07, 6.45) is 5.89. The summed E-state index contributed by atoms with van der Waals surface area (Å²) in [7, 11) is -0.413. The van der Waals surface area contributed by atoms with Gasteiger partial charge in [-0.05, 0) is 54.8 Å². The number of ether oxygens (including phenoxy) is 2. The second kappa shape index (κ2) is 9.90. The van der Waals surface area contributed by atoms with Crippen LogP contribution < -0.4 is 14.8 Å². The first-order valence-electron chi connectivity index (χ1n) is 10.5. The zero-order valence-electron chi connectivity index (χ0n) is 18.4. The molecule has 4 rings (SSSR count). The molecular formula is C23H25N3O5S2. The Morgan fingerprint density at radius 1 is 1.06 bits per heavy atom. The number of hydrogen-bond acceptors (Lipinski definition) is 7. The minimum absolute atomic E-state index is 0.256. The van der Waals surface area contributed by atoms with E-state index in [0.717, 1.165) is 24.8 Å². The lowest BCUT2D eigenvalue weighted by Gasteiger charge is -2.25. The highest BCUT2D eigenvalue weighted by Gasteiger charge is 2.26. The highest BCUT2D eigenvalue weighted by atomic mass is 32.2. The Morgan fingerprint density at radius 3 is 2.55 bits per heavy atom. The van der Waals surface area contributed by atoms with Crippen molar-refractivity contribution in [3.05, 3.63) is 48.0 Å². The third kappa shape index (κ3) is 5.18. The van der Waals surface area contributed by atoms with E-state index in [4.69, 9.17) is 9.47 Å². The maximum atomic E-state index is 12.9. The molecular weight excluding hydrogens is 462 g/mol. The normalized spacial score (nSPS) is 15.1. The van der Waals surface area contributed by atoms with Crippen LogP contribution in [0.15, 0.2) is 47.4 Å². The molecule has 1 aliphatic rings. The van der Waals surface area contributed by atoms with Crippen molar-refractivity contribution in [2.24, 2.45) is 0 Å². The van der Waals surface area contributed by atoms with Gasteiger partial charge in [-0.15, -0.1) is 0 Å². The Hall–Kier alpha value is -2.95. The zero-order valence-corrected chi connectivity index (χ0v) is 20.0. The number of thiazole rings is 1. The lowest BCUT2D eigenvalue weighted by atomic mass is 10.2. The maximum Gasteiger partial charge on any atom is 0.250 e. The molecule has 0 bridgehead atoms. The van der Waals surface area contributed by atoms with E-state index in [0.29, 0.717) is 39.9 Å². The largest absolute Gasteiger partial charge is 0.493 e. The Kier molecular flexibility index (Phi) is 6.96. The first-order valence-corrected chi connectivity index (χ1v) is 12.8. The fraction of sp³-hybridized carbons (Fsp3) is 0.304. The van der Waals surface area contributed by atoms with Crippen LogP contribution in [0.25, 0.3) is 16.3 Å². The van der Waals surface area contributed by atoms with Crippen molar-refractivity contribution in [3.8, 4) is 11.5 Å². The van der Waals surface area contributed by atoms with Crippen LogP contribution in [-0.4, -0.2) is 50.9 Å². The number of nitrogens with one attached hydrogen (secondary N) is 1. The second-order valence-corrected chi connectivity index (χ2v) is 10.5. The Bertz CT molecular complexity index is 1290. The van der Waals surface area contributed by atoms with Gasteiger partial charge in [-0.2, -0.15) is 4.31 Å². The van der Waals surface area contributed by atoms with Gasteiger partial charge in [-0.25, -0.2) is 13.4 Å². The summed E-state index contributed by atoms with van der Waals surface area (Å²) >= 11 is 1.24. The number of carbonyl (C=O) groups is 1. The molecule has 0 saturated carbocycles. The Labute approximate surface area is 196 Å². The van der Waals surface area contributed by atoms with E-state index in [9.17, 15) is 13.2 Å². The number of fused-ring (bicyclic) bond motifs is 1. The van der Waals surface area contributed by atoms with Gasteiger partial charge in [0, 0.05) is 19.2 Å². The summed E-state index contributed by atoms with van der Waals surface area (Å²) in [6, 6.07) is 10.2. The number of rotatable bonds is 7. The van der Waals surface area contributed by atoms with Crippen LogP contribution in [0.2, 0.25) is 0 Å². The first-order chi connectivity index (χ1) is 15.9. The fourth-order valence-electron chi connectivity index (χ4n) is 3.65. The minimum Gasteiger partial charge on any atom is -0.493 e. The first kappa shape index (κ1) is 23.2. The van der Waals surface area contributed by atoms with Crippen LogP contribution in [0.4, 0.5) is 5.13 Å². The number of amides is 1. The fourth-order valence-corrected chi connectivity index (χ4v) is 6.18. The van der Waals surface area contributed by atoms with E-state index >= 15 is 0 Å². The van der Waals surface area contributed by atoms with Gasteiger partial charge < -0.3 is 9.47 Å². The number of hydrogen-bond donors (Lipinski definition) is 1. The molecule has 0 unspecified atom stereocenters. The molecule has 1 amide bonds. The molecule has 1 fully saturated rings. The molecule has 0 aliphatic carbocycles. The van der Waals surface area contributed by atoms with Gasteiger partial charge in [-0.3, -0.25) is 10.1 Å². The molecule has 0 radical (unpaired) electrons. The standard InChI is InChI=1S/C23H25N3O5S2/c1-30-19-10-6-16(14-20(19)31-2)7-11-22(27)25-23-24-18-9-8-17(15-21(18)32-23)33(28,29)26-12-4-3-5-13-26/h6-11,14-15H,3-5,12-13H2,1-2H3,(H,24,25,27). The van der Waals surface area contributed by atoms with Crippen molar-refractivity contribution in [1.82, 2.24) is 9.29 Å². The van der Waals surface area contributed by atoms with Crippen LogP contribution in [0.5, 0.6) is 11.5 Å². The van der Waals surface area contributed by atoms with Crippen LogP contribution in [0.1, 0.15) is 24.8 Å². The highest BCUT2D eigenvalue weighted by Crippen LogP contribution is 2.30. The summed E-state index contributed by atoms with van der Waals surface area (Å²) in [6.45, 7) is 1.10. The summed E-state index contributed by atoms with van der Waals surface area (Å²) in [5, 5.41) is 3.14. The van der Waals surface area contributed by atoms with Gasteiger partial charge in [0.25, 0.3) is 0 Å². The van der Waals surface area contributed by atoms with Gasteiger partial charge in [0.2, 0.25) is 15.9 Å². The van der Waals surface area contributed by atoms with Crippen molar-refractivity contribution in [3.63, 3.8) is 0 Å².